The smallest absolute Gasteiger partial charge is 0.159 e. The van der Waals surface area contributed by atoms with E-state index in [9.17, 15) is 8.78 Å². The Kier molecular flexibility index (Phi) is 4.35. The fourth-order valence-corrected chi connectivity index (χ4v) is 1.84. The zero-order chi connectivity index (χ0) is 13.8. The molecule has 0 bridgehead atoms. The van der Waals surface area contributed by atoms with Gasteiger partial charge in [0.1, 0.15) is 12.4 Å². The van der Waals surface area contributed by atoms with Crippen LogP contribution in [0.1, 0.15) is 11.1 Å². The van der Waals surface area contributed by atoms with Crippen molar-refractivity contribution in [2.45, 2.75) is 13.2 Å². The van der Waals surface area contributed by atoms with E-state index in [0.717, 1.165) is 17.7 Å². The predicted molar refractivity (Wildman–Crippen MR) is 70.0 cm³/mol. The molecule has 2 aromatic rings. The maximum atomic E-state index is 13.0. The van der Waals surface area contributed by atoms with Crippen LogP contribution in [0.4, 0.5) is 8.78 Å². The van der Waals surface area contributed by atoms with E-state index in [1.54, 1.807) is 18.2 Å². The van der Waals surface area contributed by atoms with Crippen LogP contribution >= 0.6 is 11.6 Å². The molecular weight excluding hydrogens is 272 g/mol. The maximum Gasteiger partial charge on any atom is 0.159 e. The number of halogens is 3. The Morgan fingerprint density at radius 1 is 1.00 bits per heavy atom. The van der Waals surface area contributed by atoms with Gasteiger partial charge in [-0.25, -0.2) is 8.78 Å². The van der Waals surface area contributed by atoms with Crippen molar-refractivity contribution in [2.24, 2.45) is 5.73 Å². The van der Waals surface area contributed by atoms with Gasteiger partial charge in [0.2, 0.25) is 0 Å². The number of hydrogen-bond acceptors (Lipinski definition) is 2. The number of hydrogen-bond donors (Lipinski definition) is 1. The van der Waals surface area contributed by atoms with Crippen LogP contribution in [0.25, 0.3) is 0 Å². The molecule has 2 nitrogen and oxygen atoms in total. The lowest BCUT2D eigenvalue weighted by molar-refractivity contribution is 0.305. The van der Waals surface area contributed by atoms with Gasteiger partial charge in [-0.05, 0) is 35.4 Å². The first-order valence-electron chi connectivity index (χ1n) is 5.65. The van der Waals surface area contributed by atoms with Gasteiger partial charge < -0.3 is 10.5 Å². The lowest BCUT2D eigenvalue weighted by atomic mass is 10.2. The fraction of sp³-hybridized carbons (Fsp3) is 0.143. The van der Waals surface area contributed by atoms with E-state index in [0.29, 0.717) is 22.9 Å². The highest BCUT2D eigenvalue weighted by Gasteiger charge is 2.06. The number of rotatable bonds is 4. The summed E-state index contributed by atoms with van der Waals surface area (Å²) in [5, 5.41) is 0.436. The van der Waals surface area contributed by atoms with Gasteiger partial charge in [0, 0.05) is 6.54 Å². The van der Waals surface area contributed by atoms with Crippen molar-refractivity contribution in [3.63, 3.8) is 0 Å². The molecule has 0 aliphatic heterocycles. The Hall–Kier alpha value is -1.65. The molecule has 0 unspecified atom stereocenters. The molecule has 2 N–H and O–H groups in total. The summed E-state index contributed by atoms with van der Waals surface area (Å²) in [6.45, 7) is 0.502. The molecule has 5 heteroatoms. The molecule has 0 radical (unpaired) electrons. The molecule has 0 saturated heterocycles. The quantitative estimate of drug-likeness (QED) is 0.929. The van der Waals surface area contributed by atoms with Crippen LogP contribution in [0.5, 0.6) is 5.75 Å². The first kappa shape index (κ1) is 13.8. The van der Waals surface area contributed by atoms with Gasteiger partial charge in [0.15, 0.2) is 11.6 Å². The summed E-state index contributed by atoms with van der Waals surface area (Å²) >= 11 is 6.02. The summed E-state index contributed by atoms with van der Waals surface area (Å²) in [4.78, 5) is 0. The molecular formula is C14H12ClF2NO. The van der Waals surface area contributed by atoms with Crippen molar-refractivity contribution in [1.29, 1.82) is 0 Å². The minimum Gasteiger partial charge on any atom is -0.487 e. The summed E-state index contributed by atoms with van der Waals surface area (Å²) in [7, 11) is 0. The van der Waals surface area contributed by atoms with Gasteiger partial charge in [-0.15, -0.1) is 0 Å². The minimum absolute atomic E-state index is 0.110. The highest BCUT2D eigenvalue weighted by molar-refractivity contribution is 6.32. The molecule has 0 spiro atoms. The van der Waals surface area contributed by atoms with Crippen molar-refractivity contribution in [1.82, 2.24) is 0 Å². The third-order valence-corrected chi connectivity index (χ3v) is 2.91. The highest BCUT2D eigenvalue weighted by Crippen LogP contribution is 2.26. The molecule has 0 aliphatic carbocycles. The highest BCUT2D eigenvalue weighted by atomic mass is 35.5. The van der Waals surface area contributed by atoms with E-state index in [1.165, 1.54) is 6.07 Å². The molecule has 0 aromatic heterocycles. The van der Waals surface area contributed by atoms with Crippen LogP contribution in [0.3, 0.4) is 0 Å². The lowest BCUT2D eigenvalue weighted by Gasteiger charge is -2.09. The van der Waals surface area contributed by atoms with E-state index >= 15 is 0 Å². The molecule has 2 rings (SSSR count). The number of ether oxygens (including phenoxy) is 1. The Morgan fingerprint density at radius 2 is 1.74 bits per heavy atom. The van der Waals surface area contributed by atoms with E-state index in [1.807, 2.05) is 0 Å². The van der Waals surface area contributed by atoms with Crippen LogP contribution in [0, 0.1) is 11.6 Å². The van der Waals surface area contributed by atoms with Gasteiger partial charge >= 0.3 is 0 Å². The minimum atomic E-state index is -0.898. The summed E-state index contributed by atoms with van der Waals surface area (Å²) in [6, 6.07) is 8.82. The van der Waals surface area contributed by atoms with Crippen LogP contribution in [-0.4, -0.2) is 0 Å². The number of benzene rings is 2. The van der Waals surface area contributed by atoms with Crippen LogP contribution in [-0.2, 0) is 13.2 Å². The Labute approximate surface area is 114 Å². The Balaban J connectivity index is 2.07. The molecule has 2 aromatic carbocycles. The standard InChI is InChI=1S/C14H12ClF2NO/c15-11-5-9(7-18)2-4-14(11)19-8-10-1-3-12(16)13(17)6-10/h1-6H,7-8,18H2. The molecule has 0 heterocycles. The van der Waals surface area contributed by atoms with Crippen LogP contribution in [0.15, 0.2) is 36.4 Å². The van der Waals surface area contributed by atoms with Crippen LogP contribution in [0.2, 0.25) is 5.02 Å². The van der Waals surface area contributed by atoms with E-state index in [2.05, 4.69) is 0 Å². The summed E-state index contributed by atoms with van der Waals surface area (Å²) in [5.41, 5.74) is 6.91. The van der Waals surface area contributed by atoms with Crippen molar-refractivity contribution in [3.8, 4) is 5.75 Å². The zero-order valence-corrected chi connectivity index (χ0v) is 10.8. The molecule has 19 heavy (non-hydrogen) atoms. The summed E-state index contributed by atoms with van der Waals surface area (Å²) in [5.74, 6) is -1.30. The van der Waals surface area contributed by atoms with Crippen LogP contribution < -0.4 is 10.5 Å². The molecule has 0 fully saturated rings. The molecule has 100 valence electrons. The second-order valence-electron chi connectivity index (χ2n) is 4.01. The molecule has 0 atom stereocenters. The third kappa shape index (κ3) is 3.43. The van der Waals surface area contributed by atoms with Gasteiger partial charge in [-0.3, -0.25) is 0 Å². The Morgan fingerprint density at radius 3 is 2.37 bits per heavy atom. The van der Waals surface area contributed by atoms with Crippen molar-refractivity contribution >= 4 is 11.6 Å². The van der Waals surface area contributed by atoms with Crippen molar-refractivity contribution in [2.75, 3.05) is 0 Å². The van der Waals surface area contributed by atoms with E-state index in [4.69, 9.17) is 22.1 Å². The largest absolute Gasteiger partial charge is 0.487 e. The summed E-state index contributed by atoms with van der Waals surface area (Å²) < 4.78 is 31.2. The van der Waals surface area contributed by atoms with Gasteiger partial charge in [0.25, 0.3) is 0 Å². The fourth-order valence-electron chi connectivity index (χ4n) is 1.58. The first-order chi connectivity index (χ1) is 9.10. The topological polar surface area (TPSA) is 35.2 Å². The maximum absolute atomic E-state index is 13.0. The normalized spacial score (nSPS) is 10.5. The average molecular weight is 284 g/mol. The van der Waals surface area contributed by atoms with Crippen molar-refractivity contribution < 1.29 is 13.5 Å². The SMILES string of the molecule is NCc1ccc(OCc2ccc(F)c(F)c2)c(Cl)c1. The average Bonchev–Trinajstić information content (AvgIpc) is 2.41. The second kappa shape index (κ2) is 5.99. The first-order valence-corrected chi connectivity index (χ1v) is 6.03. The lowest BCUT2D eigenvalue weighted by Crippen LogP contribution is -1.99. The molecule has 0 aliphatic rings. The predicted octanol–water partition coefficient (Wildman–Crippen LogP) is 3.66. The van der Waals surface area contributed by atoms with E-state index in [-0.39, 0.29) is 6.61 Å². The number of nitrogens with two attached hydrogens (primary N) is 1. The van der Waals surface area contributed by atoms with Gasteiger partial charge in [0.05, 0.1) is 5.02 Å². The van der Waals surface area contributed by atoms with Gasteiger partial charge in [-0.2, -0.15) is 0 Å². The van der Waals surface area contributed by atoms with E-state index < -0.39 is 11.6 Å². The van der Waals surface area contributed by atoms with Crippen molar-refractivity contribution in [3.05, 3.63) is 64.2 Å². The molecule has 0 amide bonds. The Bertz CT molecular complexity index is 590. The van der Waals surface area contributed by atoms with Gasteiger partial charge in [-0.1, -0.05) is 23.7 Å². The second-order valence-corrected chi connectivity index (χ2v) is 4.41. The summed E-state index contributed by atoms with van der Waals surface area (Å²) in [6.07, 6.45) is 0. The monoisotopic (exact) mass is 283 g/mol. The zero-order valence-electron chi connectivity index (χ0n) is 10.00. The third-order valence-electron chi connectivity index (χ3n) is 2.61. The molecule has 0 saturated carbocycles.